The molecule has 0 aliphatic carbocycles. The predicted octanol–water partition coefficient (Wildman–Crippen LogP) is 3.29. The molecule has 1 amide bonds. The molecular formula is C18H17ClN2O6. The summed E-state index contributed by atoms with van der Waals surface area (Å²) >= 11 is 5.77. The normalized spacial score (nSPS) is 10.2. The van der Waals surface area contributed by atoms with E-state index in [-0.39, 0.29) is 17.9 Å². The van der Waals surface area contributed by atoms with Gasteiger partial charge in [-0.2, -0.15) is 0 Å². The van der Waals surface area contributed by atoms with Crippen molar-refractivity contribution in [2.24, 2.45) is 0 Å². The molecule has 0 aromatic heterocycles. The highest BCUT2D eigenvalue weighted by atomic mass is 35.5. The molecule has 27 heavy (non-hydrogen) atoms. The number of anilines is 1. The quantitative estimate of drug-likeness (QED) is 0.440. The number of nitrogens with zero attached hydrogens (tertiary/aromatic N) is 1. The van der Waals surface area contributed by atoms with E-state index in [2.05, 4.69) is 5.32 Å². The van der Waals surface area contributed by atoms with Gasteiger partial charge in [0.15, 0.2) is 12.4 Å². The summed E-state index contributed by atoms with van der Waals surface area (Å²) in [4.78, 5) is 34.2. The van der Waals surface area contributed by atoms with Crippen LogP contribution >= 0.6 is 11.6 Å². The van der Waals surface area contributed by atoms with E-state index in [1.807, 2.05) is 0 Å². The number of ether oxygens (including phenoxy) is 2. The second-order valence-corrected chi connectivity index (χ2v) is 6.04. The molecule has 0 radical (unpaired) electrons. The van der Waals surface area contributed by atoms with Crippen LogP contribution in [-0.4, -0.2) is 30.5 Å². The van der Waals surface area contributed by atoms with Gasteiger partial charge in [0.2, 0.25) is 0 Å². The zero-order valence-corrected chi connectivity index (χ0v) is 15.4. The molecule has 0 unspecified atom stereocenters. The number of amides is 1. The summed E-state index contributed by atoms with van der Waals surface area (Å²) in [6, 6.07) is 9.33. The van der Waals surface area contributed by atoms with Crippen LogP contribution in [0.3, 0.4) is 0 Å². The molecule has 2 aromatic carbocycles. The Morgan fingerprint density at radius 2 is 1.89 bits per heavy atom. The fourth-order valence-electron chi connectivity index (χ4n) is 2.27. The van der Waals surface area contributed by atoms with E-state index in [9.17, 15) is 19.7 Å². The molecule has 8 nitrogen and oxygen atoms in total. The SMILES string of the molecule is COc1cc(NC(=O)COC(=O)Cc2ccc(Cl)cc2)c(C)cc1[N+](=O)[O-]. The van der Waals surface area contributed by atoms with Gasteiger partial charge >= 0.3 is 11.7 Å². The van der Waals surface area contributed by atoms with Crippen molar-refractivity contribution in [3.8, 4) is 5.75 Å². The fraction of sp³-hybridized carbons (Fsp3) is 0.222. The summed E-state index contributed by atoms with van der Waals surface area (Å²) < 4.78 is 9.91. The third-order valence-corrected chi connectivity index (χ3v) is 3.87. The van der Waals surface area contributed by atoms with Gasteiger partial charge in [0, 0.05) is 22.8 Å². The number of rotatable bonds is 7. The highest BCUT2D eigenvalue weighted by molar-refractivity contribution is 6.30. The van der Waals surface area contributed by atoms with Gasteiger partial charge in [0.1, 0.15) is 0 Å². The van der Waals surface area contributed by atoms with Crippen molar-refractivity contribution in [1.29, 1.82) is 0 Å². The van der Waals surface area contributed by atoms with Crippen LogP contribution < -0.4 is 10.1 Å². The average molecular weight is 393 g/mol. The molecule has 2 aromatic rings. The molecule has 0 atom stereocenters. The van der Waals surface area contributed by atoms with Gasteiger partial charge in [0.25, 0.3) is 5.91 Å². The van der Waals surface area contributed by atoms with E-state index in [0.717, 1.165) is 0 Å². The number of hydrogen-bond donors (Lipinski definition) is 1. The molecule has 0 spiro atoms. The molecule has 9 heteroatoms. The lowest BCUT2D eigenvalue weighted by molar-refractivity contribution is -0.385. The van der Waals surface area contributed by atoms with Crippen LogP contribution in [0.4, 0.5) is 11.4 Å². The molecule has 1 N–H and O–H groups in total. The molecular weight excluding hydrogens is 376 g/mol. The summed E-state index contributed by atoms with van der Waals surface area (Å²) in [7, 11) is 1.29. The number of nitro groups is 1. The van der Waals surface area contributed by atoms with Gasteiger partial charge in [-0.1, -0.05) is 23.7 Å². The third-order valence-electron chi connectivity index (χ3n) is 3.62. The Labute approximate surface area is 160 Å². The second-order valence-electron chi connectivity index (χ2n) is 5.61. The number of hydrogen-bond acceptors (Lipinski definition) is 6. The number of esters is 1. The number of benzene rings is 2. The van der Waals surface area contributed by atoms with E-state index in [1.165, 1.54) is 19.2 Å². The molecule has 0 aliphatic rings. The van der Waals surface area contributed by atoms with E-state index >= 15 is 0 Å². The molecule has 0 bridgehead atoms. The number of nitrogens with one attached hydrogen (secondary N) is 1. The van der Waals surface area contributed by atoms with E-state index in [1.54, 1.807) is 31.2 Å². The van der Waals surface area contributed by atoms with Crippen molar-refractivity contribution in [2.45, 2.75) is 13.3 Å². The smallest absolute Gasteiger partial charge is 0.311 e. The number of nitro benzene ring substituents is 1. The van der Waals surface area contributed by atoms with Crippen molar-refractivity contribution in [1.82, 2.24) is 0 Å². The fourth-order valence-corrected chi connectivity index (χ4v) is 2.39. The number of methoxy groups -OCH3 is 1. The molecule has 142 valence electrons. The van der Waals surface area contributed by atoms with Crippen LogP contribution in [0.5, 0.6) is 5.75 Å². The number of carbonyl (C=O) groups excluding carboxylic acids is 2. The van der Waals surface area contributed by atoms with Crippen molar-refractivity contribution in [2.75, 3.05) is 19.0 Å². The molecule has 0 fully saturated rings. The maximum absolute atomic E-state index is 12.0. The van der Waals surface area contributed by atoms with Crippen molar-refractivity contribution in [3.05, 3.63) is 62.7 Å². The number of carbonyl (C=O) groups is 2. The van der Waals surface area contributed by atoms with Crippen LogP contribution in [0.15, 0.2) is 36.4 Å². The largest absolute Gasteiger partial charge is 0.490 e. The van der Waals surface area contributed by atoms with Crippen molar-refractivity contribution < 1.29 is 24.0 Å². The first-order chi connectivity index (χ1) is 12.8. The Hall–Kier alpha value is -3.13. The van der Waals surface area contributed by atoms with E-state index in [0.29, 0.717) is 21.8 Å². The Kier molecular flexibility index (Phi) is 6.73. The summed E-state index contributed by atoms with van der Waals surface area (Å²) in [6.07, 6.45) is 0.00876. The maximum Gasteiger partial charge on any atom is 0.311 e. The second kappa shape index (κ2) is 9.00. The highest BCUT2D eigenvalue weighted by Crippen LogP contribution is 2.32. The average Bonchev–Trinajstić information content (AvgIpc) is 2.63. The first-order valence-corrected chi connectivity index (χ1v) is 8.21. The Balaban J connectivity index is 1.94. The van der Waals surface area contributed by atoms with Crippen LogP contribution in [0.25, 0.3) is 0 Å². The minimum atomic E-state index is -0.573. The summed E-state index contributed by atoms with van der Waals surface area (Å²) in [5.41, 5.74) is 1.31. The number of aryl methyl sites for hydroxylation is 1. The summed E-state index contributed by atoms with van der Waals surface area (Å²) in [6.45, 7) is 1.12. The van der Waals surface area contributed by atoms with Crippen LogP contribution in [-0.2, 0) is 20.7 Å². The van der Waals surface area contributed by atoms with Crippen LogP contribution in [0, 0.1) is 17.0 Å². The van der Waals surface area contributed by atoms with E-state index in [4.69, 9.17) is 21.1 Å². The van der Waals surface area contributed by atoms with Crippen LogP contribution in [0.1, 0.15) is 11.1 Å². The first-order valence-electron chi connectivity index (χ1n) is 7.83. The molecule has 0 heterocycles. The first kappa shape index (κ1) is 20.2. The highest BCUT2D eigenvalue weighted by Gasteiger charge is 2.18. The predicted molar refractivity (Wildman–Crippen MR) is 99.1 cm³/mol. The monoisotopic (exact) mass is 392 g/mol. The maximum atomic E-state index is 12.0. The lowest BCUT2D eigenvalue weighted by Crippen LogP contribution is -2.22. The topological polar surface area (TPSA) is 108 Å². The third kappa shape index (κ3) is 5.68. The molecule has 0 saturated carbocycles. The van der Waals surface area contributed by atoms with Gasteiger partial charge < -0.3 is 14.8 Å². The Morgan fingerprint density at radius 3 is 2.48 bits per heavy atom. The van der Waals surface area contributed by atoms with Gasteiger partial charge in [0.05, 0.1) is 18.5 Å². The van der Waals surface area contributed by atoms with Crippen LogP contribution in [0.2, 0.25) is 5.02 Å². The van der Waals surface area contributed by atoms with Crippen molar-refractivity contribution in [3.63, 3.8) is 0 Å². The van der Waals surface area contributed by atoms with Crippen molar-refractivity contribution >= 4 is 34.9 Å². The molecule has 2 rings (SSSR count). The van der Waals surface area contributed by atoms with Gasteiger partial charge in [-0.05, 0) is 30.2 Å². The van der Waals surface area contributed by atoms with Gasteiger partial charge in [-0.3, -0.25) is 19.7 Å². The van der Waals surface area contributed by atoms with E-state index < -0.39 is 23.4 Å². The standard InChI is InChI=1S/C18H17ClN2O6/c1-11-7-15(21(24)25)16(26-2)9-14(11)20-17(22)10-27-18(23)8-12-3-5-13(19)6-4-12/h3-7,9H,8,10H2,1-2H3,(H,20,22). The molecule has 0 aliphatic heterocycles. The minimum Gasteiger partial charge on any atom is -0.490 e. The summed E-state index contributed by atoms with van der Waals surface area (Å²) in [5, 5.41) is 14.1. The minimum absolute atomic E-state index is 0.00876. The lowest BCUT2D eigenvalue weighted by atomic mass is 10.1. The molecule has 0 saturated heterocycles. The zero-order valence-electron chi connectivity index (χ0n) is 14.7. The summed E-state index contributed by atoms with van der Waals surface area (Å²) in [5.74, 6) is -1.12. The Morgan fingerprint density at radius 1 is 1.22 bits per heavy atom. The zero-order chi connectivity index (χ0) is 20.0. The number of halogens is 1. The Bertz CT molecular complexity index is 867. The van der Waals surface area contributed by atoms with Gasteiger partial charge in [-0.15, -0.1) is 0 Å². The lowest BCUT2D eigenvalue weighted by Gasteiger charge is -2.11. The van der Waals surface area contributed by atoms with Gasteiger partial charge in [-0.25, -0.2) is 0 Å².